The zero-order valence-electron chi connectivity index (χ0n) is 14.2. The lowest BCUT2D eigenvalue weighted by molar-refractivity contribution is -0.139. The average molecular weight is 338 g/mol. The molecule has 1 heterocycles. The number of nitrogens with one attached hydrogen (secondary N) is 1. The molecule has 0 spiro atoms. The van der Waals surface area contributed by atoms with E-state index in [-0.39, 0.29) is 5.91 Å². The molecule has 0 radical (unpaired) electrons. The standard InChI is InChI=1S/C20H22N2O3/c1-22(19(23)17-11-12-18(21-17)20(24)25)13-15-9-5-6-10-16(15)14-7-3-2-4-8-14/h2-10,17-18,21H,11-13H2,1H3,(H,24,25)/t17-,18+/m0/s1. The summed E-state index contributed by atoms with van der Waals surface area (Å²) in [5.74, 6) is -0.959. The molecule has 0 aromatic heterocycles. The number of carbonyl (C=O) groups excluding carboxylic acids is 1. The van der Waals surface area contributed by atoms with Crippen LogP contribution in [0.4, 0.5) is 0 Å². The first-order chi connectivity index (χ1) is 12.1. The fourth-order valence-electron chi connectivity index (χ4n) is 3.29. The Morgan fingerprint density at radius 2 is 1.68 bits per heavy atom. The SMILES string of the molecule is CN(Cc1ccccc1-c1ccccc1)C(=O)[C@@H]1CC[C@H](C(=O)O)N1. The van der Waals surface area contributed by atoms with Crippen LogP contribution in [0.3, 0.4) is 0 Å². The van der Waals surface area contributed by atoms with Gasteiger partial charge in [0.1, 0.15) is 6.04 Å². The molecule has 1 aliphatic heterocycles. The van der Waals surface area contributed by atoms with E-state index in [0.29, 0.717) is 19.4 Å². The summed E-state index contributed by atoms with van der Waals surface area (Å²) < 4.78 is 0. The van der Waals surface area contributed by atoms with Crippen molar-refractivity contribution in [3.8, 4) is 11.1 Å². The summed E-state index contributed by atoms with van der Waals surface area (Å²) in [6.07, 6.45) is 1.04. The third kappa shape index (κ3) is 3.88. The molecule has 2 N–H and O–H groups in total. The molecular formula is C20H22N2O3. The van der Waals surface area contributed by atoms with E-state index in [4.69, 9.17) is 5.11 Å². The van der Waals surface area contributed by atoms with Crippen molar-refractivity contribution in [2.75, 3.05) is 7.05 Å². The van der Waals surface area contributed by atoms with Crippen LogP contribution in [0.1, 0.15) is 18.4 Å². The minimum Gasteiger partial charge on any atom is -0.480 e. The minimum atomic E-state index is -0.896. The highest BCUT2D eigenvalue weighted by Gasteiger charge is 2.34. The van der Waals surface area contributed by atoms with Gasteiger partial charge in [-0.25, -0.2) is 0 Å². The number of amides is 1. The van der Waals surface area contributed by atoms with Gasteiger partial charge < -0.3 is 10.0 Å². The fraction of sp³-hybridized carbons (Fsp3) is 0.300. The molecule has 1 saturated heterocycles. The van der Waals surface area contributed by atoms with Gasteiger partial charge in [-0.05, 0) is 29.5 Å². The predicted octanol–water partition coefficient (Wildman–Crippen LogP) is 2.52. The number of aliphatic carboxylic acids is 1. The first kappa shape index (κ1) is 17.2. The summed E-state index contributed by atoms with van der Waals surface area (Å²) in [5, 5.41) is 12.0. The lowest BCUT2D eigenvalue weighted by Gasteiger charge is -2.23. The highest BCUT2D eigenvalue weighted by molar-refractivity contribution is 5.84. The van der Waals surface area contributed by atoms with Crippen LogP contribution in [0.25, 0.3) is 11.1 Å². The number of carbonyl (C=O) groups is 2. The van der Waals surface area contributed by atoms with E-state index in [1.54, 1.807) is 11.9 Å². The van der Waals surface area contributed by atoms with Crippen LogP contribution in [-0.2, 0) is 16.1 Å². The Morgan fingerprint density at radius 3 is 2.36 bits per heavy atom. The normalized spacial score (nSPS) is 19.6. The quantitative estimate of drug-likeness (QED) is 0.879. The van der Waals surface area contributed by atoms with Gasteiger partial charge in [0.05, 0.1) is 6.04 Å². The second-order valence-electron chi connectivity index (χ2n) is 6.40. The van der Waals surface area contributed by atoms with Crippen molar-refractivity contribution in [1.82, 2.24) is 10.2 Å². The van der Waals surface area contributed by atoms with E-state index in [1.165, 1.54) is 0 Å². The lowest BCUT2D eigenvalue weighted by Crippen LogP contribution is -2.45. The molecule has 1 aliphatic rings. The second kappa shape index (κ2) is 7.49. The molecular weight excluding hydrogens is 316 g/mol. The minimum absolute atomic E-state index is 0.0633. The van der Waals surface area contributed by atoms with Crippen LogP contribution < -0.4 is 5.32 Å². The maximum atomic E-state index is 12.6. The van der Waals surface area contributed by atoms with Crippen LogP contribution >= 0.6 is 0 Å². The van der Waals surface area contributed by atoms with E-state index >= 15 is 0 Å². The topological polar surface area (TPSA) is 69.6 Å². The van der Waals surface area contributed by atoms with Crippen molar-refractivity contribution < 1.29 is 14.7 Å². The molecule has 2 aromatic rings. The monoisotopic (exact) mass is 338 g/mol. The Bertz CT molecular complexity index is 761. The van der Waals surface area contributed by atoms with Crippen molar-refractivity contribution in [3.63, 3.8) is 0 Å². The molecule has 5 nitrogen and oxygen atoms in total. The number of carboxylic acid groups (broad SMARTS) is 1. The number of hydrogen-bond acceptors (Lipinski definition) is 3. The van der Waals surface area contributed by atoms with Crippen LogP contribution in [0.5, 0.6) is 0 Å². The zero-order chi connectivity index (χ0) is 17.8. The second-order valence-corrected chi connectivity index (χ2v) is 6.40. The molecule has 130 valence electrons. The number of hydrogen-bond donors (Lipinski definition) is 2. The Hall–Kier alpha value is -2.66. The Morgan fingerprint density at radius 1 is 1.04 bits per heavy atom. The van der Waals surface area contributed by atoms with Crippen molar-refractivity contribution in [2.24, 2.45) is 0 Å². The summed E-state index contributed by atoms with van der Waals surface area (Å²) in [7, 11) is 1.76. The highest BCUT2D eigenvalue weighted by Crippen LogP contribution is 2.25. The fourth-order valence-corrected chi connectivity index (χ4v) is 3.29. The zero-order valence-corrected chi connectivity index (χ0v) is 14.2. The molecule has 3 rings (SSSR count). The number of benzene rings is 2. The van der Waals surface area contributed by atoms with Crippen molar-refractivity contribution in [2.45, 2.75) is 31.5 Å². The molecule has 25 heavy (non-hydrogen) atoms. The van der Waals surface area contributed by atoms with E-state index in [2.05, 4.69) is 23.5 Å². The number of nitrogens with zero attached hydrogens (tertiary/aromatic N) is 1. The van der Waals surface area contributed by atoms with E-state index < -0.39 is 18.1 Å². The van der Waals surface area contributed by atoms with Gasteiger partial charge in [-0.15, -0.1) is 0 Å². The molecule has 0 aliphatic carbocycles. The smallest absolute Gasteiger partial charge is 0.320 e. The maximum absolute atomic E-state index is 12.6. The number of likely N-dealkylation sites (N-methyl/N-ethyl adjacent to an activating group) is 1. The van der Waals surface area contributed by atoms with Gasteiger partial charge in [0.25, 0.3) is 0 Å². The first-order valence-corrected chi connectivity index (χ1v) is 8.43. The third-order valence-electron chi connectivity index (χ3n) is 4.63. The number of carboxylic acids is 1. The number of rotatable bonds is 5. The van der Waals surface area contributed by atoms with Gasteiger partial charge in [0.2, 0.25) is 5.91 Å². The van der Waals surface area contributed by atoms with Gasteiger partial charge in [0, 0.05) is 13.6 Å². The largest absolute Gasteiger partial charge is 0.480 e. The third-order valence-corrected chi connectivity index (χ3v) is 4.63. The average Bonchev–Trinajstić information content (AvgIpc) is 3.12. The van der Waals surface area contributed by atoms with Crippen LogP contribution in [-0.4, -0.2) is 41.0 Å². The van der Waals surface area contributed by atoms with Gasteiger partial charge in [-0.2, -0.15) is 0 Å². The summed E-state index contributed by atoms with van der Waals surface area (Å²) in [6.45, 7) is 0.486. The predicted molar refractivity (Wildman–Crippen MR) is 95.9 cm³/mol. The highest BCUT2D eigenvalue weighted by atomic mass is 16.4. The van der Waals surface area contributed by atoms with Crippen molar-refractivity contribution in [1.29, 1.82) is 0 Å². The van der Waals surface area contributed by atoms with Crippen LogP contribution in [0.2, 0.25) is 0 Å². The summed E-state index contributed by atoms with van der Waals surface area (Å²) in [5.41, 5.74) is 3.28. The summed E-state index contributed by atoms with van der Waals surface area (Å²) in [4.78, 5) is 25.4. The van der Waals surface area contributed by atoms with Crippen molar-refractivity contribution >= 4 is 11.9 Å². The van der Waals surface area contributed by atoms with E-state index in [1.807, 2.05) is 36.4 Å². The van der Waals surface area contributed by atoms with Gasteiger partial charge in [0.15, 0.2) is 0 Å². The summed E-state index contributed by atoms with van der Waals surface area (Å²) >= 11 is 0. The van der Waals surface area contributed by atoms with Gasteiger partial charge >= 0.3 is 5.97 Å². The molecule has 0 saturated carbocycles. The van der Waals surface area contributed by atoms with Gasteiger partial charge in [-0.1, -0.05) is 54.6 Å². The lowest BCUT2D eigenvalue weighted by atomic mass is 9.99. The Kier molecular flexibility index (Phi) is 5.14. The van der Waals surface area contributed by atoms with Gasteiger partial charge in [-0.3, -0.25) is 14.9 Å². The molecule has 0 unspecified atom stereocenters. The Labute approximate surface area is 147 Å². The van der Waals surface area contributed by atoms with E-state index in [0.717, 1.165) is 16.7 Å². The molecule has 1 amide bonds. The summed E-state index contributed by atoms with van der Waals surface area (Å²) in [6, 6.07) is 17.1. The molecule has 2 aromatic carbocycles. The van der Waals surface area contributed by atoms with Crippen molar-refractivity contribution in [3.05, 3.63) is 60.2 Å². The first-order valence-electron chi connectivity index (χ1n) is 8.43. The maximum Gasteiger partial charge on any atom is 0.320 e. The molecule has 5 heteroatoms. The molecule has 0 bridgehead atoms. The van der Waals surface area contributed by atoms with Crippen LogP contribution in [0, 0.1) is 0 Å². The van der Waals surface area contributed by atoms with E-state index in [9.17, 15) is 9.59 Å². The molecule has 1 fully saturated rings. The van der Waals surface area contributed by atoms with Crippen LogP contribution in [0.15, 0.2) is 54.6 Å². The Balaban J connectivity index is 1.73. The molecule has 2 atom stereocenters.